The molecule has 4 heteroatoms. The number of β-amino-alcohol motifs (C(OH)–C–C–N with tert-alkyl or cyclic N) is 1. The number of piperazine rings is 1. The fraction of sp³-hybridized carbons (Fsp3) is 0.571. The van der Waals surface area contributed by atoms with Gasteiger partial charge in [-0.05, 0) is 18.6 Å². The summed E-state index contributed by atoms with van der Waals surface area (Å²) in [6.45, 7) is 7.07. The Labute approximate surface area is 109 Å². The van der Waals surface area contributed by atoms with E-state index in [2.05, 4.69) is 10.2 Å². The van der Waals surface area contributed by atoms with E-state index in [1.54, 1.807) is 0 Å². The van der Waals surface area contributed by atoms with E-state index in [4.69, 9.17) is 4.74 Å². The lowest BCUT2D eigenvalue weighted by Gasteiger charge is -2.29. The molecular formula is C14H22N2O2. The Bertz CT molecular complexity index is 365. The predicted molar refractivity (Wildman–Crippen MR) is 72.0 cm³/mol. The molecule has 1 atom stereocenters. The molecule has 1 aliphatic rings. The van der Waals surface area contributed by atoms with Crippen LogP contribution in [-0.4, -0.2) is 55.4 Å². The van der Waals surface area contributed by atoms with Crippen LogP contribution in [0.4, 0.5) is 0 Å². The average Bonchev–Trinajstić information content (AvgIpc) is 2.39. The zero-order chi connectivity index (χ0) is 12.8. The zero-order valence-corrected chi connectivity index (χ0v) is 10.9. The number of nitrogens with zero attached hydrogens (tertiary/aromatic N) is 1. The van der Waals surface area contributed by atoms with Crippen molar-refractivity contribution in [3.63, 3.8) is 0 Å². The van der Waals surface area contributed by atoms with Gasteiger partial charge in [0, 0.05) is 32.7 Å². The molecule has 2 N–H and O–H groups in total. The maximum atomic E-state index is 9.97. The first-order valence-corrected chi connectivity index (χ1v) is 6.55. The fourth-order valence-corrected chi connectivity index (χ4v) is 2.15. The highest BCUT2D eigenvalue weighted by Crippen LogP contribution is 2.16. The summed E-state index contributed by atoms with van der Waals surface area (Å²) < 4.78 is 5.65. The van der Waals surface area contributed by atoms with Gasteiger partial charge in [-0.2, -0.15) is 0 Å². The molecule has 0 amide bonds. The molecule has 0 bridgehead atoms. The number of nitrogens with one attached hydrogen (secondary N) is 1. The van der Waals surface area contributed by atoms with Crippen molar-refractivity contribution >= 4 is 0 Å². The van der Waals surface area contributed by atoms with Crippen molar-refractivity contribution in [3.05, 3.63) is 29.8 Å². The molecule has 1 saturated heterocycles. The van der Waals surface area contributed by atoms with E-state index >= 15 is 0 Å². The minimum Gasteiger partial charge on any atom is -0.491 e. The maximum absolute atomic E-state index is 9.97. The number of aliphatic hydroxyl groups is 1. The maximum Gasteiger partial charge on any atom is 0.122 e. The first-order valence-electron chi connectivity index (χ1n) is 6.55. The minimum absolute atomic E-state index is 0.356. The molecule has 0 saturated carbocycles. The molecule has 1 fully saturated rings. The summed E-state index contributed by atoms with van der Waals surface area (Å²) in [6.07, 6.45) is -0.428. The van der Waals surface area contributed by atoms with Gasteiger partial charge in [0.2, 0.25) is 0 Å². The lowest BCUT2D eigenvalue weighted by molar-refractivity contribution is 0.0639. The third kappa shape index (κ3) is 3.98. The normalized spacial score (nSPS) is 18.6. The first kappa shape index (κ1) is 13.3. The van der Waals surface area contributed by atoms with Crippen LogP contribution in [-0.2, 0) is 0 Å². The van der Waals surface area contributed by atoms with Crippen LogP contribution in [0.1, 0.15) is 5.56 Å². The Hall–Kier alpha value is -1.10. The van der Waals surface area contributed by atoms with Crippen LogP contribution < -0.4 is 10.1 Å². The Balaban J connectivity index is 1.74. The lowest BCUT2D eigenvalue weighted by Crippen LogP contribution is -2.47. The molecule has 1 aromatic carbocycles. The molecule has 0 aromatic heterocycles. The topological polar surface area (TPSA) is 44.7 Å². The van der Waals surface area contributed by atoms with Gasteiger partial charge >= 0.3 is 0 Å². The Morgan fingerprint density at radius 2 is 2.06 bits per heavy atom. The zero-order valence-electron chi connectivity index (χ0n) is 10.9. The van der Waals surface area contributed by atoms with Crippen molar-refractivity contribution in [1.82, 2.24) is 10.2 Å². The highest BCUT2D eigenvalue weighted by atomic mass is 16.5. The van der Waals surface area contributed by atoms with Crippen molar-refractivity contribution in [1.29, 1.82) is 0 Å². The van der Waals surface area contributed by atoms with E-state index in [0.29, 0.717) is 13.2 Å². The molecule has 2 rings (SSSR count). The summed E-state index contributed by atoms with van der Waals surface area (Å²) in [5, 5.41) is 13.3. The molecular weight excluding hydrogens is 228 g/mol. The number of hydrogen-bond acceptors (Lipinski definition) is 4. The monoisotopic (exact) mass is 250 g/mol. The van der Waals surface area contributed by atoms with Crippen molar-refractivity contribution in [3.8, 4) is 5.75 Å². The molecule has 18 heavy (non-hydrogen) atoms. The molecule has 0 spiro atoms. The minimum atomic E-state index is -0.428. The highest BCUT2D eigenvalue weighted by molar-refractivity contribution is 5.31. The van der Waals surface area contributed by atoms with Crippen LogP contribution in [0.25, 0.3) is 0 Å². The highest BCUT2D eigenvalue weighted by Gasteiger charge is 2.14. The number of benzene rings is 1. The van der Waals surface area contributed by atoms with Crippen LogP contribution in [0.3, 0.4) is 0 Å². The Morgan fingerprint density at radius 3 is 2.78 bits per heavy atom. The second-order valence-corrected chi connectivity index (χ2v) is 4.78. The molecule has 1 aliphatic heterocycles. The number of hydrogen-bond donors (Lipinski definition) is 2. The van der Waals surface area contributed by atoms with Gasteiger partial charge in [0.15, 0.2) is 0 Å². The quantitative estimate of drug-likeness (QED) is 0.805. The fourth-order valence-electron chi connectivity index (χ4n) is 2.15. The van der Waals surface area contributed by atoms with Crippen molar-refractivity contribution < 1.29 is 9.84 Å². The van der Waals surface area contributed by atoms with E-state index in [1.807, 2.05) is 31.2 Å². The summed E-state index contributed by atoms with van der Waals surface area (Å²) in [7, 11) is 0. The van der Waals surface area contributed by atoms with Gasteiger partial charge in [0.05, 0.1) is 0 Å². The second-order valence-electron chi connectivity index (χ2n) is 4.78. The van der Waals surface area contributed by atoms with E-state index in [-0.39, 0.29) is 0 Å². The van der Waals surface area contributed by atoms with Crippen LogP contribution in [0, 0.1) is 6.92 Å². The third-order valence-electron chi connectivity index (χ3n) is 3.20. The van der Waals surface area contributed by atoms with Crippen molar-refractivity contribution in [2.24, 2.45) is 0 Å². The van der Waals surface area contributed by atoms with Crippen molar-refractivity contribution in [2.75, 3.05) is 39.3 Å². The standard InChI is InChI=1S/C14H22N2O2/c1-12-4-2-3-5-14(12)18-11-13(17)10-16-8-6-15-7-9-16/h2-5,13,15,17H,6-11H2,1H3/t13-/m1/s1. The van der Waals surface area contributed by atoms with Gasteiger partial charge in [-0.1, -0.05) is 18.2 Å². The summed E-state index contributed by atoms with van der Waals surface area (Å²) in [6, 6.07) is 7.88. The van der Waals surface area contributed by atoms with Crippen LogP contribution in [0.5, 0.6) is 5.75 Å². The van der Waals surface area contributed by atoms with Gasteiger partial charge in [0.25, 0.3) is 0 Å². The van der Waals surface area contributed by atoms with E-state index in [1.165, 1.54) is 0 Å². The van der Waals surface area contributed by atoms with E-state index in [0.717, 1.165) is 37.5 Å². The molecule has 1 aromatic rings. The van der Waals surface area contributed by atoms with Gasteiger partial charge < -0.3 is 15.2 Å². The number of ether oxygens (including phenoxy) is 1. The summed E-state index contributed by atoms with van der Waals surface area (Å²) in [4.78, 5) is 2.27. The molecule has 100 valence electrons. The largest absolute Gasteiger partial charge is 0.491 e. The second kappa shape index (κ2) is 6.73. The Morgan fingerprint density at radius 1 is 1.33 bits per heavy atom. The van der Waals surface area contributed by atoms with E-state index < -0.39 is 6.10 Å². The number of rotatable bonds is 5. The van der Waals surface area contributed by atoms with Crippen LogP contribution >= 0.6 is 0 Å². The average molecular weight is 250 g/mol. The smallest absolute Gasteiger partial charge is 0.122 e. The van der Waals surface area contributed by atoms with Crippen LogP contribution in [0.15, 0.2) is 24.3 Å². The third-order valence-corrected chi connectivity index (χ3v) is 3.20. The van der Waals surface area contributed by atoms with Gasteiger partial charge in [-0.25, -0.2) is 0 Å². The van der Waals surface area contributed by atoms with Crippen molar-refractivity contribution in [2.45, 2.75) is 13.0 Å². The van der Waals surface area contributed by atoms with E-state index in [9.17, 15) is 5.11 Å². The summed E-state index contributed by atoms with van der Waals surface area (Å²) in [5.41, 5.74) is 1.10. The first-order chi connectivity index (χ1) is 8.75. The van der Waals surface area contributed by atoms with Crippen LogP contribution in [0.2, 0.25) is 0 Å². The lowest BCUT2D eigenvalue weighted by atomic mass is 10.2. The number of aliphatic hydroxyl groups excluding tert-OH is 1. The number of aryl methyl sites for hydroxylation is 1. The summed E-state index contributed by atoms with van der Waals surface area (Å²) >= 11 is 0. The molecule has 0 radical (unpaired) electrons. The van der Waals surface area contributed by atoms with Gasteiger partial charge in [0.1, 0.15) is 18.5 Å². The molecule has 0 aliphatic carbocycles. The Kier molecular flexibility index (Phi) is 4.99. The molecule has 1 heterocycles. The molecule has 0 unspecified atom stereocenters. The van der Waals surface area contributed by atoms with Gasteiger partial charge in [-0.15, -0.1) is 0 Å². The summed E-state index contributed by atoms with van der Waals surface area (Å²) in [5.74, 6) is 0.858. The number of para-hydroxylation sites is 1. The predicted octanol–water partition coefficient (Wildman–Crippen LogP) is 0.640. The van der Waals surface area contributed by atoms with Gasteiger partial charge in [-0.3, -0.25) is 4.90 Å². The SMILES string of the molecule is Cc1ccccc1OC[C@H](O)CN1CCNCC1. The molecule has 4 nitrogen and oxygen atoms in total.